The van der Waals surface area contributed by atoms with E-state index in [1.165, 1.54) is 4.57 Å². The first kappa shape index (κ1) is 20.5. The fourth-order valence-electron chi connectivity index (χ4n) is 3.32. The monoisotopic (exact) mass is 395 g/mol. The molecule has 0 aliphatic carbocycles. The number of nitrogens with one attached hydrogen (secondary N) is 1. The zero-order chi connectivity index (χ0) is 21.1. The number of aryl methyl sites for hydroxylation is 2. The van der Waals surface area contributed by atoms with Crippen LogP contribution < -0.4 is 16.6 Å². The van der Waals surface area contributed by atoms with Crippen LogP contribution in [0.2, 0.25) is 0 Å². The molecule has 0 radical (unpaired) electrons. The highest BCUT2D eigenvalue weighted by atomic mass is 16.5. The van der Waals surface area contributed by atoms with Gasteiger partial charge in [0.15, 0.2) is 0 Å². The van der Waals surface area contributed by atoms with Crippen LogP contribution in [0, 0.1) is 20.8 Å². The summed E-state index contributed by atoms with van der Waals surface area (Å²) in [7, 11) is 1.55. The van der Waals surface area contributed by atoms with Crippen LogP contribution >= 0.6 is 0 Å². The second-order valence-electron chi connectivity index (χ2n) is 7.09. The molecule has 1 amide bonds. The standard InChI is InChI=1S/C22H25N3O4/c1-14-8-9-19-17(12-14)21(27)25(18-7-5-6-15(2)16(18)3)22(28)24(19)13-20(26)23-10-11-29-4/h5-9,12H,10-11,13H2,1-4H3,(H,23,26). The Morgan fingerprint density at radius 1 is 1.10 bits per heavy atom. The first-order valence-corrected chi connectivity index (χ1v) is 9.43. The number of methoxy groups -OCH3 is 1. The van der Waals surface area contributed by atoms with Gasteiger partial charge in [0, 0.05) is 13.7 Å². The van der Waals surface area contributed by atoms with Crippen LogP contribution in [-0.2, 0) is 16.1 Å². The molecule has 3 rings (SSSR count). The minimum atomic E-state index is -0.540. The van der Waals surface area contributed by atoms with E-state index in [1.54, 1.807) is 25.3 Å². The molecule has 0 bridgehead atoms. The minimum absolute atomic E-state index is 0.187. The number of aromatic nitrogens is 2. The summed E-state index contributed by atoms with van der Waals surface area (Å²) in [5.41, 5.74) is 2.75. The van der Waals surface area contributed by atoms with E-state index in [1.807, 2.05) is 39.0 Å². The fraction of sp³-hybridized carbons (Fsp3) is 0.318. The second kappa shape index (κ2) is 8.45. The highest BCUT2D eigenvalue weighted by Gasteiger charge is 2.18. The Labute approximate surface area is 168 Å². The van der Waals surface area contributed by atoms with Gasteiger partial charge in [-0.05, 0) is 50.1 Å². The van der Waals surface area contributed by atoms with Crippen molar-refractivity contribution in [1.29, 1.82) is 0 Å². The lowest BCUT2D eigenvalue weighted by Gasteiger charge is -2.16. The number of carbonyl (C=O) groups is 1. The smallest absolute Gasteiger partial charge is 0.336 e. The predicted molar refractivity (Wildman–Crippen MR) is 113 cm³/mol. The number of nitrogens with zero attached hydrogens (tertiary/aromatic N) is 2. The number of carbonyl (C=O) groups excluding carboxylic acids is 1. The average Bonchev–Trinajstić information content (AvgIpc) is 2.69. The van der Waals surface area contributed by atoms with Gasteiger partial charge in [0.05, 0.1) is 23.2 Å². The van der Waals surface area contributed by atoms with Crippen LogP contribution in [-0.4, -0.2) is 35.3 Å². The van der Waals surface area contributed by atoms with Crippen molar-refractivity contribution < 1.29 is 9.53 Å². The molecule has 0 aliphatic rings. The third kappa shape index (κ3) is 4.00. The van der Waals surface area contributed by atoms with E-state index < -0.39 is 11.2 Å². The molecule has 0 saturated carbocycles. The van der Waals surface area contributed by atoms with E-state index in [0.717, 1.165) is 21.3 Å². The Morgan fingerprint density at radius 3 is 2.59 bits per heavy atom. The van der Waals surface area contributed by atoms with Gasteiger partial charge in [0.1, 0.15) is 6.54 Å². The summed E-state index contributed by atoms with van der Waals surface area (Å²) in [5.74, 6) is -0.322. The summed E-state index contributed by atoms with van der Waals surface area (Å²) in [6, 6.07) is 10.8. The van der Waals surface area contributed by atoms with Crippen molar-refractivity contribution >= 4 is 16.8 Å². The molecule has 2 aromatic carbocycles. The highest BCUT2D eigenvalue weighted by Crippen LogP contribution is 2.17. The number of hydrogen-bond donors (Lipinski definition) is 1. The Hall–Kier alpha value is -3.19. The van der Waals surface area contributed by atoms with Gasteiger partial charge in [-0.3, -0.25) is 14.2 Å². The van der Waals surface area contributed by atoms with Gasteiger partial charge in [-0.1, -0.05) is 23.8 Å². The lowest BCUT2D eigenvalue weighted by molar-refractivity contribution is -0.121. The van der Waals surface area contributed by atoms with Gasteiger partial charge < -0.3 is 10.1 Å². The Balaban J connectivity index is 2.25. The molecule has 0 spiro atoms. The molecule has 0 unspecified atom stereocenters. The van der Waals surface area contributed by atoms with Crippen molar-refractivity contribution in [1.82, 2.24) is 14.5 Å². The van der Waals surface area contributed by atoms with Gasteiger partial charge in [-0.15, -0.1) is 0 Å². The van der Waals surface area contributed by atoms with Crippen LogP contribution in [0.15, 0.2) is 46.0 Å². The van der Waals surface area contributed by atoms with Crippen molar-refractivity contribution in [3.63, 3.8) is 0 Å². The topological polar surface area (TPSA) is 82.3 Å². The Kier molecular flexibility index (Phi) is 5.98. The van der Waals surface area contributed by atoms with E-state index in [4.69, 9.17) is 4.74 Å². The summed E-state index contributed by atoms with van der Waals surface area (Å²) in [6.45, 7) is 6.22. The number of ether oxygens (including phenoxy) is 1. The van der Waals surface area contributed by atoms with Gasteiger partial charge in [-0.25, -0.2) is 9.36 Å². The zero-order valence-electron chi connectivity index (χ0n) is 17.1. The van der Waals surface area contributed by atoms with Crippen molar-refractivity contribution in [2.75, 3.05) is 20.3 Å². The predicted octanol–water partition coefficient (Wildman–Crippen LogP) is 1.84. The molecule has 1 N–H and O–H groups in total. The molecule has 152 valence electrons. The van der Waals surface area contributed by atoms with Crippen LogP contribution in [0.3, 0.4) is 0 Å². The van der Waals surface area contributed by atoms with Gasteiger partial charge in [-0.2, -0.15) is 0 Å². The first-order chi connectivity index (χ1) is 13.8. The molecule has 0 aliphatic heterocycles. The van der Waals surface area contributed by atoms with Crippen molar-refractivity contribution in [2.24, 2.45) is 0 Å². The lowest BCUT2D eigenvalue weighted by Crippen LogP contribution is -2.42. The summed E-state index contributed by atoms with van der Waals surface area (Å²) in [5, 5.41) is 3.12. The van der Waals surface area contributed by atoms with E-state index in [-0.39, 0.29) is 12.5 Å². The molecule has 0 fully saturated rings. The summed E-state index contributed by atoms with van der Waals surface area (Å²) in [4.78, 5) is 39.0. The highest BCUT2D eigenvalue weighted by molar-refractivity contribution is 5.82. The summed E-state index contributed by atoms with van der Waals surface area (Å²) in [6.07, 6.45) is 0. The lowest BCUT2D eigenvalue weighted by atomic mass is 10.1. The first-order valence-electron chi connectivity index (χ1n) is 9.43. The van der Waals surface area contributed by atoms with Gasteiger partial charge >= 0.3 is 5.69 Å². The number of hydrogen-bond acceptors (Lipinski definition) is 4. The molecule has 1 heterocycles. The van der Waals surface area contributed by atoms with E-state index >= 15 is 0 Å². The van der Waals surface area contributed by atoms with Gasteiger partial charge in [0.25, 0.3) is 5.56 Å². The molecule has 3 aromatic rings. The SMILES string of the molecule is COCCNC(=O)Cn1c(=O)n(-c2cccc(C)c2C)c(=O)c2cc(C)ccc21. The largest absolute Gasteiger partial charge is 0.383 e. The van der Waals surface area contributed by atoms with Crippen molar-refractivity contribution in [3.8, 4) is 5.69 Å². The van der Waals surface area contributed by atoms with Gasteiger partial charge in [0.2, 0.25) is 5.91 Å². The number of fused-ring (bicyclic) bond motifs is 1. The average molecular weight is 395 g/mol. The molecule has 1 aromatic heterocycles. The van der Waals surface area contributed by atoms with Crippen molar-refractivity contribution in [2.45, 2.75) is 27.3 Å². The minimum Gasteiger partial charge on any atom is -0.383 e. The number of rotatable bonds is 6. The fourth-order valence-corrected chi connectivity index (χ4v) is 3.32. The normalized spacial score (nSPS) is 11.0. The maximum Gasteiger partial charge on any atom is 0.336 e. The molecule has 7 heteroatoms. The summed E-state index contributed by atoms with van der Waals surface area (Å²) < 4.78 is 7.44. The van der Waals surface area contributed by atoms with Crippen LogP contribution in [0.25, 0.3) is 16.6 Å². The van der Waals surface area contributed by atoms with E-state index in [9.17, 15) is 14.4 Å². The van der Waals surface area contributed by atoms with E-state index in [2.05, 4.69) is 5.32 Å². The van der Waals surface area contributed by atoms with Crippen LogP contribution in [0.5, 0.6) is 0 Å². The molecule has 0 saturated heterocycles. The molecule has 7 nitrogen and oxygen atoms in total. The second-order valence-corrected chi connectivity index (χ2v) is 7.09. The van der Waals surface area contributed by atoms with Crippen LogP contribution in [0.1, 0.15) is 16.7 Å². The van der Waals surface area contributed by atoms with E-state index in [0.29, 0.717) is 29.7 Å². The Bertz CT molecular complexity index is 1190. The maximum absolute atomic E-state index is 13.3. The molecular formula is C22H25N3O4. The summed E-state index contributed by atoms with van der Waals surface area (Å²) >= 11 is 0. The van der Waals surface area contributed by atoms with Crippen molar-refractivity contribution in [3.05, 3.63) is 73.9 Å². The third-order valence-corrected chi connectivity index (χ3v) is 5.05. The molecular weight excluding hydrogens is 370 g/mol. The third-order valence-electron chi connectivity index (χ3n) is 5.05. The van der Waals surface area contributed by atoms with Crippen LogP contribution in [0.4, 0.5) is 0 Å². The number of amides is 1. The Morgan fingerprint density at radius 2 is 1.86 bits per heavy atom. The quantitative estimate of drug-likeness (QED) is 0.646. The maximum atomic E-state index is 13.3. The molecule has 29 heavy (non-hydrogen) atoms. The zero-order valence-corrected chi connectivity index (χ0v) is 17.1. The molecule has 0 atom stereocenters. The number of benzene rings is 2.